The third-order valence-corrected chi connectivity index (χ3v) is 5.03. The van der Waals surface area contributed by atoms with Crippen molar-refractivity contribution in [2.75, 3.05) is 69.1 Å². The normalized spacial score (nSPS) is 22.4. The topological polar surface area (TPSA) is 123 Å². The van der Waals surface area contributed by atoms with Crippen LogP contribution < -0.4 is 21.3 Å². The minimum atomic E-state index is -0.194. The first-order chi connectivity index (χ1) is 13.7. The Morgan fingerprint density at radius 1 is 1.29 bits per heavy atom. The van der Waals surface area contributed by atoms with E-state index in [0.29, 0.717) is 25.8 Å². The number of aromatic nitrogens is 4. The van der Waals surface area contributed by atoms with Crippen LogP contribution in [0.4, 0.5) is 17.7 Å². The van der Waals surface area contributed by atoms with E-state index in [1.54, 1.807) is 19.5 Å². The van der Waals surface area contributed by atoms with E-state index in [1.807, 2.05) is 6.07 Å². The van der Waals surface area contributed by atoms with Gasteiger partial charge >= 0.3 is 0 Å². The third-order valence-electron chi connectivity index (χ3n) is 5.03. The maximum absolute atomic E-state index is 5.63. The molecule has 2 fully saturated rings. The van der Waals surface area contributed by atoms with Crippen LogP contribution in [0.3, 0.4) is 0 Å². The molecule has 2 aliphatic rings. The molecule has 10 nitrogen and oxygen atoms in total. The third kappa shape index (κ3) is 4.13. The molecule has 0 amide bonds. The molecule has 4 N–H and O–H groups in total. The molecule has 0 unspecified atom stereocenters. The summed E-state index contributed by atoms with van der Waals surface area (Å²) in [7, 11) is 1.72. The van der Waals surface area contributed by atoms with Crippen LogP contribution in [0.1, 0.15) is 6.42 Å². The van der Waals surface area contributed by atoms with Crippen molar-refractivity contribution in [3.8, 4) is 11.3 Å². The van der Waals surface area contributed by atoms with Crippen LogP contribution in [0.15, 0.2) is 18.5 Å². The van der Waals surface area contributed by atoms with Crippen molar-refractivity contribution in [2.45, 2.75) is 12.0 Å². The minimum Gasteiger partial charge on any atom is -0.382 e. The van der Waals surface area contributed by atoms with Crippen molar-refractivity contribution >= 4 is 17.7 Å². The Balaban J connectivity index is 1.69. The molecule has 150 valence electrons. The Morgan fingerprint density at radius 3 is 2.75 bits per heavy atom. The van der Waals surface area contributed by atoms with Crippen LogP contribution >= 0.6 is 0 Å². The molecule has 1 atom stereocenters. The lowest BCUT2D eigenvalue weighted by atomic mass is 10.00. The second-order valence-corrected chi connectivity index (χ2v) is 7.13. The zero-order valence-corrected chi connectivity index (χ0v) is 16.0. The highest BCUT2D eigenvalue weighted by molar-refractivity contribution is 5.64. The molecule has 2 aromatic heterocycles. The predicted molar refractivity (Wildman–Crippen MR) is 106 cm³/mol. The summed E-state index contributed by atoms with van der Waals surface area (Å²) >= 11 is 0. The zero-order valence-electron chi connectivity index (χ0n) is 16.0. The molecule has 10 heteroatoms. The molecule has 0 bridgehead atoms. The van der Waals surface area contributed by atoms with Crippen LogP contribution in [0.2, 0.25) is 0 Å². The first-order valence-corrected chi connectivity index (χ1v) is 9.45. The molecule has 2 aromatic rings. The van der Waals surface area contributed by atoms with Gasteiger partial charge in [-0.05, 0) is 13.0 Å². The van der Waals surface area contributed by atoms with Gasteiger partial charge < -0.3 is 30.7 Å². The molecule has 28 heavy (non-hydrogen) atoms. The average molecular weight is 386 g/mol. The van der Waals surface area contributed by atoms with Gasteiger partial charge in [-0.25, -0.2) is 15.0 Å². The van der Waals surface area contributed by atoms with Gasteiger partial charge in [-0.3, -0.25) is 0 Å². The van der Waals surface area contributed by atoms with Crippen molar-refractivity contribution in [3.05, 3.63) is 18.5 Å². The maximum atomic E-state index is 5.63. The van der Waals surface area contributed by atoms with Gasteiger partial charge in [0.1, 0.15) is 5.82 Å². The summed E-state index contributed by atoms with van der Waals surface area (Å²) in [6, 6.07) is 1.93. The number of methoxy groups -OCH3 is 1. The molecular formula is C18H26N8O2. The lowest BCUT2D eigenvalue weighted by molar-refractivity contribution is 0.122. The predicted octanol–water partition coefficient (Wildman–Crippen LogP) is 0.143. The van der Waals surface area contributed by atoms with E-state index < -0.39 is 0 Å². The first kappa shape index (κ1) is 18.8. The van der Waals surface area contributed by atoms with E-state index in [0.717, 1.165) is 49.7 Å². The largest absolute Gasteiger partial charge is 0.382 e. The van der Waals surface area contributed by atoms with E-state index >= 15 is 0 Å². The van der Waals surface area contributed by atoms with Crippen molar-refractivity contribution in [1.82, 2.24) is 25.3 Å². The van der Waals surface area contributed by atoms with Gasteiger partial charge in [-0.1, -0.05) is 0 Å². The molecular weight excluding hydrogens is 360 g/mol. The molecule has 0 aliphatic carbocycles. The number of anilines is 3. The van der Waals surface area contributed by atoms with E-state index in [-0.39, 0.29) is 11.5 Å². The van der Waals surface area contributed by atoms with Gasteiger partial charge in [0.05, 0.1) is 31.1 Å². The summed E-state index contributed by atoms with van der Waals surface area (Å²) in [6.45, 7) is 5.20. The Morgan fingerprint density at radius 2 is 2.07 bits per heavy atom. The monoisotopic (exact) mass is 386 g/mol. The summed E-state index contributed by atoms with van der Waals surface area (Å²) in [5, 5.41) is 7.00. The Kier molecular flexibility index (Phi) is 5.51. The Bertz CT molecular complexity index is 789. The molecule has 2 saturated heterocycles. The van der Waals surface area contributed by atoms with Crippen molar-refractivity contribution < 1.29 is 9.47 Å². The standard InChI is InChI=1S/C18H26N8O2/c1-27-12-18(2-3-20-11-18)25-15-8-14(13-9-21-16(19)22-10-13)23-17(24-15)26-4-6-28-7-5-26/h8-10,20H,2-7,11-12H2,1H3,(H2,19,21,22)(H,23,24,25)/t18-/m0/s1. The summed E-state index contributed by atoms with van der Waals surface area (Å²) in [6.07, 6.45) is 4.32. The number of nitrogen functional groups attached to an aromatic ring is 1. The summed E-state index contributed by atoms with van der Waals surface area (Å²) < 4.78 is 10.9. The highest BCUT2D eigenvalue weighted by atomic mass is 16.5. The van der Waals surface area contributed by atoms with Gasteiger partial charge in [0.2, 0.25) is 11.9 Å². The lowest BCUT2D eigenvalue weighted by Crippen LogP contribution is -2.45. The Hall–Kier alpha value is -2.56. The number of nitrogens with zero attached hydrogens (tertiary/aromatic N) is 5. The number of ether oxygens (including phenoxy) is 2. The first-order valence-electron chi connectivity index (χ1n) is 9.45. The van der Waals surface area contributed by atoms with Crippen LogP contribution in [0, 0.1) is 0 Å². The average Bonchev–Trinajstić information content (AvgIpc) is 3.17. The lowest BCUT2D eigenvalue weighted by Gasteiger charge is -2.31. The fourth-order valence-corrected chi connectivity index (χ4v) is 3.58. The highest BCUT2D eigenvalue weighted by Gasteiger charge is 2.34. The second-order valence-electron chi connectivity index (χ2n) is 7.13. The molecule has 0 saturated carbocycles. The number of rotatable bonds is 6. The van der Waals surface area contributed by atoms with E-state index in [9.17, 15) is 0 Å². The van der Waals surface area contributed by atoms with Gasteiger partial charge in [0, 0.05) is 50.8 Å². The van der Waals surface area contributed by atoms with Crippen LogP contribution in [0.25, 0.3) is 11.3 Å². The van der Waals surface area contributed by atoms with E-state index in [4.69, 9.17) is 25.2 Å². The molecule has 4 rings (SSSR count). The quantitative estimate of drug-likeness (QED) is 0.632. The fourth-order valence-electron chi connectivity index (χ4n) is 3.58. The van der Waals surface area contributed by atoms with Crippen molar-refractivity contribution in [3.63, 3.8) is 0 Å². The molecule has 0 aromatic carbocycles. The van der Waals surface area contributed by atoms with Crippen LogP contribution in [-0.4, -0.2) is 78.6 Å². The SMILES string of the molecule is COC[C@]1(Nc2cc(-c3cnc(N)nc3)nc(N3CCOCC3)n2)CCNC1. The van der Waals surface area contributed by atoms with Gasteiger partial charge in [-0.2, -0.15) is 4.98 Å². The van der Waals surface area contributed by atoms with E-state index in [1.165, 1.54) is 0 Å². The van der Waals surface area contributed by atoms with Crippen LogP contribution in [-0.2, 0) is 9.47 Å². The number of hydrogen-bond acceptors (Lipinski definition) is 10. The molecule has 4 heterocycles. The minimum absolute atomic E-state index is 0.194. The summed E-state index contributed by atoms with van der Waals surface area (Å²) in [5.74, 6) is 1.66. The highest BCUT2D eigenvalue weighted by Crippen LogP contribution is 2.27. The Labute approximate surface area is 163 Å². The van der Waals surface area contributed by atoms with Gasteiger partial charge in [-0.15, -0.1) is 0 Å². The summed E-state index contributed by atoms with van der Waals surface area (Å²) in [4.78, 5) is 19.9. The summed E-state index contributed by atoms with van der Waals surface area (Å²) in [5.41, 5.74) is 6.98. The number of hydrogen-bond donors (Lipinski definition) is 3. The van der Waals surface area contributed by atoms with Crippen molar-refractivity contribution in [1.29, 1.82) is 0 Å². The number of morpholine rings is 1. The van der Waals surface area contributed by atoms with Crippen LogP contribution in [0.5, 0.6) is 0 Å². The number of nitrogens with one attached hydrogen (secondary N) is 2. The van der Waals surface area contributed by atoms with Gasteiger partial charge in [0.25, 0.3) is 0 Å². The molecule has 2 aliphatic heterocycles. The second kappa shape index (κ2) is 8.21. The van der Waals surface area contributed by atoms with E-state index in [2.05, 4.69) is 25.5 Å². The van der Waals surface area contributed by atoms with Crippen molar-refractivity contribution in [2.24, 2.45) is 0 Å². The van der Waals surface area contributed by atoms with Gasteiger partial charge in [0.15, 0.2) is 0 Å². The zero-order chi connectivity index (χ0) is 19.4. The maximum Gasteiger partial charge on any atom is 0.228 e. The smallest absolute Gasteiger partial charge is 0.228 e. The number of nitrogens with two attached hydrogens (primary N) is 1. The molecule has 0 spiro atoms. The molecule has 0 radical (unpaired) electrons. The fraction of sp³-hybridized carbons (Fsp3) is 0.556.